The van der Waals surface area contributed by atoms with Crippen molar-refractivity contribution in [3.63, 3.8) is 0 Å². The van der Waals surface area contributed by atoms with Gasteiger partial charge in [0.25, 0.3) is 0 Å². The standard InChI is InChI=1S/C13H17FN2O/c14-11-4-1-3-10(7-11)8-16-12(17)13(9-15)5-2-6-13/h1,3-4,7H,2,5-6,8-9,15H2,(H,16,17). The van der Waals surface area contributed by atoms with Gasteiger partial charge in [0, 0.05) is 13.1 Å². The van der Waals surface area contributed by atoms with Crippen molar-refractivity contribution in [2.75, 3.05) is 6.54 Å². The van der Waals surface area contributed by atoms with Crippen molar-refractivity contribution in [2.24, 2.45) is 11.1 Å². The lowest BCUT2D eigenvalue weighted by molar-refractivity contribution is -0.135. The van der Waals surface area contributed by atoms with Crippen molar-refractivity contribution < 1.29 is 9.18 Å². The Hall–Kier alpha value is -1.42. The van der Waals surface area contributed by atoms with E-state index in [0.717, 1.165) is 24.8 Å². The number of hydrogen-bond donors (Lipinski definition) is 2. The fourth-order valence-electron chi connectivity index (χ4n) is 2.14. The summed E-state index contributed by atoms with van der Waals surface area (Å²) in [5.41, 5.74) is 6.04. The third kappa shape index (κ3) is 2.47. The Morgan fingerprint density at radius 1 is 1.47 bits per heavy atom. The van der Waals surface area contributed by atoms with Crippen LogP contribution in [0.25, 0.3) is 0 Å². The van der Waals surface area contributed by atoms with E-state index in [4.69, 9.17) is 5.73 Å². The van der Waals surface area contributed by atoms with Gasteiger partial charge in [0.05, 0.1) is 5.41 Å². The highest BCUT2D eigenvalue weighted by Crippen LogP contribution is 2.39. The van der Waals surface area contributed by atoms with Gasteiger partial charge in [-0.25, -0.2) is 4.39 Å². The molecule has 1 amide bonds. The van der Waals surface area contributed by atoms with Crippen LogP contribution in [0.1, 0.15) is 24.8 Å². The summed E-state index contributed by atoms with van der Waals surface area (Å²) in [5.74, 6) is -0.288. The second kappa shape index (κ2) is 4.84. The van der Waals surface area contributed by atoms with E-state index >= 15 is 0 Å². The van der Waals surface area contributed by atoms with E-state index in [1.54, 1.807) is 12.1 Å². The van der Waals surface area contributed by atoms with Crippen LogP contribution in [0.2, 0.25) is 0 Å². The molecule has 1 fully saturated rings. The Morgan fingerprint density at radius 2 is 2.24 bits per heavy atom. The van der Waals surface area contributed by atoms with Gasteiger partial charge in [0.15, 0.2) is 0 Å². The number of rotatable bonds is 4. The highest BCUT2D eigenvalue weighted by Gasteiger charge is 2.42. The Bertz CT molecular complexity index is 410. The zero-order valence-electron chi connectivity index (χ0n) is 9.71. The number of benzene rings is 1. The molecule has 0 spiro atoms. The molecule has 1 saturated carbocycles. The maximum atomic E-state index is 12.9. The van der Waals surface area contributed by atoms with Gasteiger partial charge in [-0.2, -0.15) is 0 Å². The molecule has 1 aromatic rings. The molecule has 0 aromatic heterocycles. The Morgan fingerprint density at radius 3 is 2.76 bits per heavy atom. The van der Waals surface area contributed by atoms with Gasteiger partial charge in [-0.1, -0.05) is 18.6 Å². The molecule has 1 aliphatic carbocycles. The summed E-state index contributed by atoms with van der Waals surface area (Å²) in [6.07, 6.45) is 2.78. The molecule has 3 nitrogen and oxygen atoms in total. The van der Waals surface area contributed by atoms with Gasteiger partial charge in [-0.3, -0.25) is 4.79 Å². The molecule has 1 aromatic carbocycles. The molecular formula is C13H17FN2O. The first-order chi connectivity index (χ1) is 8.16. The predicted octanol–water partition coefficient (Wildman–Crippen LogP) is 1.57. The molecule has 0 atom stereocenters. The normalized spacial score (nSPS) is 17.3. The predicted molar refractivity (Wildman–Crippen MR) is 63.6 cm³/mol. The van der Waals surface area contributed by atoms with E-state index in [1.807, 2.05) is 0 Å². The molecule has 1 aliphatic rings. The van der Waals surface area contributed by atoms with Crippen LogP contribution in [0, 0.1) is 11.2 Å². The van der Waals surface area contributed by atoms with E-state index in [9.17, 15) is 9.18 Å². The van der Waals surface area contributed by atoms with Gasteiger partial charge in [-0.05, 0) is 30.5 Å². The van der Waals surface area contributed by atoms with Crippen molar-refractivity contribution in [3.05, 3.63) is 35.6 Å². The van der Waals surface area contributed by atoms with E-state index in [-0.39, 0.29) is 17.1 Å². The number of amides is 1. The van der Waals surface area contributed by atoms with Crippen molar-refractivity contribution >= 4 is 5.91 Å². The molecule has 4 heteroatoms. The smallest absolute Gasteiger partial charge is 0.227 e. The second-order valence-electron chi connectivity index (χ2n) is 4.65. The molecule has 0 aliphatic heterocycles. The van der Waals surface area contributed by atoms with Crippen LogP contribution < -0.4 is 11.1 Å². The van der Waals surface area contributed by atoms with Crippen LogP contribution in [-0.4, -0.2) is 12.5 Å². The third-order valence-corrected chi connectivity index (χ3v) is 3.53. The summed E-state index contributed by atoms with van der Waals surface area (Å²) in [7, 11) is 0. The number of nitrogens with two attached hydrogens (primary N) is 1. The van der Waals surface area contributed by atoms with Gasteiger partial charge in [0.2, 0.25) is 5.91 Å². The van der Waals surface area contributed by atoms with E-state index < -0.39 is 0 Å². The highest BCUT2D eigenvalue weighted by atomic mass is 19.1. The minimum Gasteiger partial charge on any atom is -0.352 e. The molecule has 3 N–H and O–H groups in total. The van der Waals surface area contributed by atoms with Crippen LogP contribution in [0.5, 0.6) is 0 Å². The average Bonchev–Trinajstić information content (AvgIpc) is 2.26. The Labute approximate surface area is 100 Å². The number of nitrogens with one attached hydrogen (secondary N) is 1. The zero-order chi connectivity index (χ0) is 12.3. The van der Waals surface area contributed by atoms with Crippen LogP contribution >= 0.6 is 0 Å². The molecule has 92 valence electrons. The van der Waals surface area contributed by atoms with E-state index in [2.05, 4.69) is 5.32 Å². The quantitative estimate of drug-likeness (QED) is 0.833. The van der Waals surface area contributed by atoms with Crippen molar-refractivity contribution in [2.45, 2.75) is 25.8 Å². The third-order valence-electron chi connectivity index (χ3n) is 3.53. The zero-order valence-corrected chi connectivity index (χ0v) is 9.71. The summed E-state index contributed by atoms with van der Waals surface area (Å²) in [6.45, 7) is 0.750. The molecular weight excluding hydrogens is 219 g/mol. The summed E-state index contributed by atoms with van der Waals surface area (Å²) in [6, 6.07) is 6.24. The fraction of sp³-hybridized carbons (Fsp3) is 0.462. The van der Waals surface area contributed by atoms with Crippen LogP contribution in [0.4, 0.5) is 4.39 Å². The number of carbonyl (C=O) groups is 1. The number of hydrogen-bond acceptors (Lipinski definition) is 2. The Kier molecular flexibility index (Phi) is 3.43. The number of halogens is 1. The SMILES string of the molecule is NCC1(C(=O)NCc2cccc(F)c2)CCC1. The first-order valence-electron chi connectivity index (χ1n) is 5.89. The minimum atomic E-state index is -0.368. The van der Waals surface area contributed by atoms with Gasteiger partial charge in [-0.15, -0.1) is 0 Å². The molecule has 2 rings (SSSR count). The molecule has 0 bridgehead atoms. The summed E-state index contributed by atoms with van der Waals surface area (Å²) >= 11 is 0. The lowest BCUT2D eigenvalue weighted by Gasteiger charge is -2.39. The minimum absolute atomic E-state index is 0.00416. The van der Waals surface area contributed by atoms with Crippen molar-refractivity contribution in [1.29, 1.82) is 0 Å². The second-order valence-corrected chi connectivity index (χ2v) is 4.65. The van der Waals surface area contributed by atoms with Crippen molar-refractivity contribution in [1.82, 2.24) is 5.32 Å². The maximum absolute atomic E-state index is 12.9. The van der Waals surface area contributed by atoms with Gasteiger partial charge < -0.3 is 11.1 Å². The lowest BCUT2D eigenvalue weighted by Crippen LogP contribution is -2.50. The first-order valence-corrected chi connectivity index (χ1v) is 5.89. The Balaban J connectivity index is 1.92. The maximum Gasteiger partial charge on any atom is 0.227 e. The van der Waals surface area contributed by atoms with Crippen LogP contribution in [-0.2, 0) is 11.3 Å². The fourth-order valence-corrected chi connectivity index (χ4v) is 2.14. The highest BCUT2D eigenvalue weighted by molar-refractivity contribution is 5.83. The summed E-state index contributed by atoms with van der Waals surface area (Å²) in [4.78, 5) is 12.0. The van der Waals surface area contributed by atoms with E-state index in [0.29, 0.717) is 13.1 Å². The number of carbonyl (C=O) groups excluding carboxylic acids is 1. The first kappa shape index (κ1) is 12.0. The summed E-state index contributed by atoms with van der Waals surface area (Å²) in [5, 5.41) is 2.83. The molecule has 0 heterocycles. The van der Waals surface area contributed by atoms with Crippen molar-refractivity contribution in [3.8, 4) is 0 Å². The topological polar surface area (TPSA) is 55.1 Å². The van der Waals surface area contributed by atoms with Gasteiger partial charge in [0.1, 0.15) is 5.82 Å². The molecule has 0 unspecified atom stereocenters. The largest absolute Gasteiger partial charge is 0.352 e. The monoisotopic (exact) mass is 236 g/mol. The lowest BCUT2D eigenvalue weighted by atomic mass is 9.68. The summed E-state index contributed by atoms with van der Waals surface area (Å²) < 4.78 is 12.9. The van der Waals surface area contributed by atoms with Gasteiger partial charge >= 0.3 is 0 Å². The molecule has 17 heavy (non-hydrogen) atoms. The molecule has 0 radical (unpaired) electrons. The molecule has 0 saturated heterocycles. The average molecular weight is 236 g/mol. The van der Waals surface area contributed by atoms with Crippen LogP contribution in [0.3, 0.4) is 0 Å². The van der Waals surface area contributed by atoms with E-state index in [1.165, 1.54) is 12.1 Å². The van der Waals surface area contributed by atoms with Crippen LogP contribution in [0.15, 0.2) is 24.3 Å².